The minimum atomic E-state index is -0.810. The summed E-state index contributed by atoms with van der Waals surface area (Å²) in [5.41, 5.74) is 1.32. The second-order valence-electron chi connectivity index (χ2n) is 5.48. The maximum Gasteiger partial charge on any atom is 0.319 e. The number of urea groups is 1. The SMILES string of the molecule is Cc1cncc(NC(=O)NCC2(CC(=O)O)CCC2)c1. The van der Waals surface area contributed by atoms with Crippen LogP contribution >= 0.6 is 0 Å². The molecule has 2 amide bonds. The number of amides is 2. The van der Waals surface area contributed by atoms with Crippen molar-refractivity contribution in [3.05, 3.63) is 24.0 Å². The normalized spacial score (nSPS) is 16.1. The number of carboxylic acid groups (broad SMARTS) is 1. The van der Waals surface area contributed by atoms with Crippen molar-refractivity contribution >= 4 is 17.7 Å². The van der Waals surface area contributed by atoms with Crippen LogP contribution in [0.5, 0.6) is 0 Å². The van der Waals surface area contributed by atoms with Gasteiger partial charge < -0.3 is 15.7 Å². The van der Waals surface area contributed by atoms with Crippen LogP contribution in [0.2, 0.25) is 0 Å². The van der Waals surface area contributed by atoms with Gasteiger partial charge in [0.05, 0.1) is 18.3 Å². The minimum Gasteiger partial charge on any atom is -0.481 e. The third-order valence-electron chi connectivity index (χ3n) is 3.70. The van der Waals surface area contributed by atoms with Crippen molar-refractivity contribution in [2.75, 3.05) is 11.9 Å². The number of anilines is 1. The van der Waals surface area contributed by atoms with E-state index < -0.39 is 5.97 Å². The van der Waals surface area contributed by atoms with Crippen LogP contribution in [0.1, 0.15) is 31.2 Å². The molecule has 6 nitrogen and oxygen atoms in total. The number of aromatic nitrogens is 1. The Labute approximate surface area is 117 Å². The summed E-state index contributed by atoms with van der Waals surface area (Å²) >= 11 is 0. The molecule has 6 heteroatoms. The summed E-state index contributed by atoms with van der Waals surface area (Å²) in [5.74, 6) is -0.810. The van der Waals surface area contributed by atoms with E-state index >= 15 is 0 Å². The third kappa shape index (κ3) is 3.69. The lowest BCUT2D eigenvalue weighted by atomic mass is 9.66. The Morgan fingerprint density at radius 2 is 2.15 bits per heavy atom. The number of carboxylic acids is 1. The minimum absolute atomic E-state index is 0.110. The van der Waals surface area contributed by atoms with Crippen LogP contribution in [-0.2, 0) is 4.79 Å². The van der Waals surface area contributed by atoms with E-state index in [9.17, 15) is 9.59 Å². The van der Waals surface area contributed by atoms with Crippen molar-refractivity contribution in [2.24, 2.45) is 5.41 Å². The maximum absolute atomic E-state index is 11.8. The van der Waals surface area contributed by atoms with Crippen LogP contribution in [0.25, 0.3) is 0 Å². The zero-order chi connectivity index (χ0) is 14.6. The summed E-state index contributed by atoms with van der Waals surface area (Å²) in [6.45, 7) is 2.29. The first-order valence-corrected chi connectivity index (χ1v) is 6.67. The zero-order valence-electron chi connectivity index (χ0n) is 11.5. The van der Waals surface area contributed by atoms with Gasteiger partial charge in [0.15, 0.2) is 0 Å². The van der Waals surface area contributed by atoms with Crippen molar-refractivity contribution < 1.29 is 14.7 Å². The Hall–Kier alpha value is -2.11. The van der Waals surface area contributed by atoms with Crippen molar-refractivity contribution in [3.8, 4) is 0 Å². The van der Waals surface area contributed by atoms with E-state index in [2.05, 4.69) is 15.6 Å². The quantitative estimate of drug-likeness (QED) is 0.769. The van der Waals surface area contributed by atoms with E-state index in [4.69, 9.17) is 5.11 Å². The van der Waals surface area contributed by atoms with Gasteiger partial charge in [-0.3, -0.25) is 9.78 Å². The Morgan fingerprint density at radius 1 is 1.40 bits per heavy atom. The molecular formula is C14H19N3O3. The molecule has 1 fully saturated rings. The zero-order valence-corrected chi connectivity index (χ0v) is 11.5. The smallest absolute Gasteiger partial charge is 0.319 e. The van der Waals surface area contributed by atoms with E-state index in [1.54, 1.807) is 12.4 Å². The largest absolute Gasteiger partial charge is 0.481 e. The molecule has 1 aliphatic rings. The molecule has 1 aliphatic carbocycles. The Morgan fingerprint density at radius 3 is 2.70 bits per heavy atom. The number of hydrogen-bond acceptors (Lipinski definition) is 3. The van der Waals surface area contributed by atoms with E-state index in [0.29, 0.717) is 12.2 Å². The molecule has 0 radical (unpaired) electrons. The van der Waals surface area contributed by atoms with E-state index in [0.717, 1.165) is 24.8 Å². The van der Waals surface area contributed by atoms with Gasteiger partial charge in [-0.05, 0) is 36.8 Å². The lowest BCUT2D eigenvalue weighted by Gasteiger charge is -2.40. The Kier molecular flexibility index (Phi) is 4.22. The molecule has 0 aromatic carbocycles. The molecule has 20 heavy (non-hydrogen) atoms. The predicted octanol–water partition coefficient (Wildman–Crippen LogP) is 2.16. The highest BCUT2D eigenvalue weighted by atomic mass is 16.4. The third-order valence-corrected chi connectivity index (χ3v) is 3.70. The molecule has 0 spiro atoms. The fourth-order valence-electron chi connectivity index (χ4n) is 2.48. The number of nitrogens with zero attached hydrogens (tertiary/aromatic N) is 1. The molecule has 108 valence electrons. The van der Waals surface area contributed by atoms with Gasteiger partial charge in [0.2, 0.25) is 0 Å². The summed E-state index contributed by atoms with van der Waals surface area (Å²) in [7, 11) is 0. The summed E-state index contributed by atoms with van der Waals surface area (Å²) in [5, 5.41) is 14.4. The number of carbonyl (C=O) groups excluding carboxylic acids is 1. The van der Waals surface area contributed by atoms with Gasteiger partial charge in [0.25, 0.3) is 0 Å². The highest BCUT2D eigenvalue weighted by molar-refractivity contribution is 5.89. The second kappa shape index (κ2) is 5.90. The Bertz CT molecular complexity index is 512. The molecule has 0 aliphatic heterocycles. The van der Waals surface area contributed by atoms with Crippen LogP contribution in [0.15, 0.2) is 18.5 Å². The first-order chi connectivity index (χ1) is 9.49. The van der Waals surface area contributed by atoms with Crippen molar-refractivity contribution in [1.82, 2.24) is 10.3 Å². The van der Waals surface area contributed by atoms with Crippen LogP contribution in [0.4, 0.5) is 10.5 Å². The van der Waals surface area contributed by atoms with Gasteiger partial charge in [-0.15, -0.1) is 0 Å². The summed E-state index contributed by atoms with van der Waals surface area (Å²) in [6.07, 6.45) is 6.12. The summed E-state index contributed by atoms with van der Waals surface area (Å²) < 4.78 is 0. The number of carbonyl (C=O) groups is 2. The molecule has 2 rings (SSSR count). The standard InChI is InChI=1S/C14H19N3O3/c1-10-5-11(8-15-7-10)17-13(20)16-9-14(3-2-4-14)6-12(18)19/h5,7-8H,2-4,6,9H2,1H3,(H,18,19)(H2,16,17,20). The highest BCUT2D eigenvalue weighted by Gasteiger charge is 2.39. The van der Waals surface area contributed by atoms with E-state index in [1.807, 2.05) is 13.0 Å². The maximum atomic E-state index is 11.8. The van der Waals surface area contributed by atoms with Crippen LogP contribution in [0.3, 0.4) is 0 Å². The lowest BCUT2D eigenvalue weighted by Crippen LogP contribution is -2.44. The van der Waals surface area contributed by atoms with Gasteiger partial charge in [-0.1, -0.05) is 6.42 Å². The average Bonchev–Trinajstić information content (AvgIpc) is 2.32. The van der Waals surface area contributed by atoms with Crippen molar-refractivity contribution in [3.63, 3.8) is 0 Å². The monoisotopic (exact) mass is 277 g/mol. The molecule has 1 aromatic rings. The molecule has 1 heterocycles. The average molecular weight is 277 g/mol. The molecule has 0 saturated heterocycles. The number of pyridine rings is 1. The van der Waals surface area contributed by atoms with Gasteiger partial charge in [0.1, 0.15) is 0 Å². The van der Waals surface area contributed by atoms with Crippen LogP contribution in [0, 0.1) is 12.3 Å². The first kappa shape index (κ1) is 14.3. The number of aryl methyl sites for hydroxylation is 1. The molecule has 1 aromatic heterocycles. The molecule has 1 saturated carbocycles. The van der Waals surface area contributed by atoms with Gasteiger partial charge in [0, 0.05) is 12.7 Å². The van der Waals surface area contributed by atoms with Crippen LogP contribution < -0.4 is 10.6 Å². The van der Waals surface area contributed by atoms with Gasteiger partial charge >= 0.3 is 12.0 Å². The fraction of sp³-hybridized carbons (Fsp3) is 0.500. The lowest BCUT2D eigenvalue weighted by molar-refractivity contribution is -0.141. The topological polar surface area (TPSA) is 91.3 Å². The van der Waals surface area contributed by atoms with Gasteiger partial charge in [-0.2, -0.15) is 0 Å². The number of rotatable bonds is 5. The number of hydrogen-bond donors (Lipinski definition) is 3. The van der Waals surface area contributed by atoms with E-state index in [-0.39, 0.29) is 17.9 Å². The fourth-order valence-corrected chi connectivity index (χ4v) is 2.48. The van der Waals surface area contributed by atoms with Gasteiger partial charge in [-0.25, -0.2) is 4.79 Å². The number of aliphatic carboxylic acids is 1. The summed E-state index contributed by atoms with van der Waals surface area (Å²) in [4.78, 5) is 26.6. The number of nitrogens with one attached hydrogen (secondary N) is 2. The molecule has 0 bridgehead atoms. The second-order valence-corrected chi connectivity index (χ2v) is 5.48. The van der Waals surface area contributed by atoms with Crippen molar-refractivity contribution in [2.45, 2.75) is 32.6 Å². The van der Waals surface area contributed by atoms with Crippen LogP contribution in [-0.4, -0.2) is 28.6 Å². The Balaban J connectivity index is 1.84. The first-order valence-electron chi connectivity index (χ1n) is 6.67. The van der Waals surface area contributed by atoms with Crippen molar-refractivity contribution in [1.29, 1.82) is 0 Å². The molecular weight excluding hydrogens is 258 g/mol. The molecule has 0 atom stereocenters. The highest BCUT2D eigenvalue weighted by Crippen LogP contribution is 2.43. The van der Waals surface area contributed by atoms with E-state index in [1.165, 1.54) is 0 Å². The molecule has 0 unspecified atom stereocenters. The summed E-state index contributed by atoms with van der Waals surface area (Å²) in [6, 6.07) is 1.50. The molecule has 3 N–H and O–H groups in total. The predicted molar refractivity (Wildman–Crippen MR) is 74.5 cm³/mol.